The van der Waals surface area contributed by atoms with Crippen molar-refractivity contribution >= 4 is 0 Å². The first-order valence-corrected chi connectivity index (χ1v) is 4.27. The van der Waals surface area contributed by atoms with Crippen molar-refractivity contribution in [2.24, 2.45) is 0 Å². The zero-order valence-electron chi connectivity index (χ0n) is 7.44. The Morgan fingerprint density at radius 3 is 2.36 bits per heavy atom. The van der Waals surface area contributed by atoms with Crippen molar-refractivity contribution in [3.8, 4) is 22.6 Å². The number of benzene rings is 2. The molecule has 2 rings (SSSR count). The zero-order chi connectivity index (χ0) is 9.97. The first-order valence-electron chi connectivity index (χ1n) is 4.27. The van der Waals surface area contributed by atoms with Crippen LogP contribution in [0.4, 0.5) is 0 Å². The van der Waals surface area contributed by atoms with Crippen LogP contribution in [0.5, 0.6) is 11.5 Å². The average Bonchev–Trinajstić information content (AvgIpc) is 2.23. The van der Waals surface area contributed by atoms with Crippen molar-refractivity contribution in [1.29, 1.82) is 0 Å². The van der Waals surface area contributed by atoms with Gasteiger partial charge in [-0.25, -0.2) is 0 Å². The topological polar surface area (TPSA) is 40.5 Å². The number of hydrogen-bond acceptors (Lipinski definition) is 2. The fourth-order valence-electron chi connectivity index (χ4n) is 1.33. The third kappa shape index (κ3) is 1.42. The van der Waals surface area contributed by atoms with Crippen LogP contribution in [-0.4, -0.2) is 10.2 Å². The third-order valence-corrected chi connectivity index (χ3v) is 2.03. The van der Waals surface area contributed by atoms with E-state index in [4.69, 9.17) is 0 Å². The van der Waals surface area contributed by atoms with Crippen molar-refractivity contribution in [2.45, 2.75) is 0 Å². The number of phenols is 2. The van der Waals surface area contributed by atoms with Gasteiger partial charge in [-0.05, 0) is 17.7 Å². The summed E-state index contributed by atoms with van der Waals surface area (Å²) >= 11 is 0. The molecular weight excluding hydrogens is 176 g/mol. The molecule has 0 amide bonds. The summed E-state index contributed by atoms with van der Waals surface area (Å²) in [5, 5.41) is 18.8. The highest BCUT2D eigenvalue weighted by molar-refractivity contribution is 5.72. The first-order chi connectivity index (χ1) is 6.79. The quantitative estimate of drug-likeness (QED) is 0.670. The molecule has 14 heavy (non-hydrogen) atoms. The summed E-state index contributed by atoms with van der Waals surface area (Å²) in [6, 6.07) is 15.2. The summed E-state index contributed by atoms with van der Waals surface area (Å²) in [6.07, 6.45) is 0. The Kier molecular flexibility index (Phi) is 2.11. The van der Waals surface area contributed by atoms with Crippen molar-refractivity contribution in [3.63, 3.8) is 0 Å². The van der Waals surface area contributed by atoms with E-state index in [1.807, 2.05) is 30.3 Å². The minimum Gasteiger partial charge on any atom is -0.504 e. The lowest BCUT2D eigenvalue weighted by molar-refractivity contribution is 0.404. The van der Waals surface area contributed by atoms with Gasteiger partial charge in [0.1, 0.15) is 0 Å². The van der Waals surface area contributed by atoms with Crippen LogP contribution in [0, 0.1) is 6.07 Å². The maximum atomic E-state index is 9.57. The molecule has 0 unspecified atom stereocenters. The zero-order valence-corrected chi connectivity index (χ0v) is 7.44. The summed E-state index contributed by atoms with van der Waals surface area (Å²) in [6.45, 7) is 0. The van der Waals surface area contributed by atoms with E-state index in [0.29, 0.717) is 5.56 Å². The lowest BCUT2D eigenvalue weighted by Crippen LogP contribution is -1.78. The number of phenolic OH excluding ortho intramolecular Hbond substituents is 2. The SMILES string of the molecule is Oc1[c]ccc(-c2ccccc2)c1O. The molecule has 0 saturated carbocycles. The molecule has 0 aromatic heterocycles. The molecule has 0 heterocycles. The molecule has 2 heteroatoms. The summed E-state index contributed by atoms with van der Waals surface area (Å²) < 4.78 is 0. The van der Waals surface area contributed by atoms with Gasteiger partial charge in [0.25, 0.3) is 0 Å². The van der Waals surface area contributed by atoms with Crippen LogP contribution < -0.4 is 0 Å². The van der Waals surface area contributed by atoms with Crippen molar-refractivity contribution in [3.05, 3.63) is 48.5 Å². The Labute approximate surface area is 82.1 Å². The number of aromatic hydroxyl groups is 2. The molecule has 69 valence electrons. The first kappa shape index (κ1) is 8.63. The van der Waals surface area contributed by atoms with Crippen LogP contribution in [0.15, 0.2) is 42.5 Å². The van der Waals surface area contributed by atoms with E-state index in [2.05, 4.69) is 6.07 Å². The van der Waals surface area contributed by atoms with Crippen LogP contribution in [0.2, 0.25) is 0 Å². The largest absolute Gasteiger partial charge is 0.504 e. The number of hydrogen-bond donors (Lipinski definition) is 2. The Hall–Kier alpha value is -1.96. The molecule has 0 spiro atoms. The van der Waals surface area contributed by atoms with E-state index in [1.165, 1.54) is 0 Å². The highest BCUT2D eigenvalue weighted by Crippen LogP contribution is 2.35. The van der Waals surface area contributed by atoms with Gasteiger partial charge in [0, 0.05) is 11.6 Å². The van der Waals surface area contributed by atoms with Gasteiger partial charge in [0.05, 0.1) is 0 Å². The van der Waals surface area contributed by atoms with Gasteiger partial charge in [-0.15, -0.1) is 0 Å². The second-order valence-corrected chi connectivity index (χ2v) is 2.95. The molecule has 0 aliphatic carbocycles. The minimum atomic E-state index is -0.216. The van der Waals surface area contributed by atoms with E-state index >= 15 is 0 Å². The Morgan fingerprint density at radius 1 is 0.929 bits per heavy atom. The van der Waals surface area contributed by atoms with E-state index in [9.17, 15) is 10.2 Å². The van der Waals surface area contributed by atoms with Crippen LogP contribution in [0.25, 0.3) is 11.1 Å². The molecule has 0 bridgehead atoms. The molecular formula is C12H9O2. The van der Waals surface area contributed by atoms with E-state index in [-0.39, 0.29) is 11.5 Å². The summed E-state index contributed by atoms with van der Waals surface area (Å²) in [7, 11) is 0. The lowest BCUT2D eigenvalue weighted by Gasteiger charge is -2.04. The Bertz CT molecular complexity index is 435. The van der Waals surface area contributed by atoms with Crippen LogP contribution in [0.1, 0.15) is 0 Å². The van der Waals surface area contributed by atoms with Gasteiger partial charge in [0.2, 0.25) is 0 Å². The van der Waals surface area contributed by atoms with Gasteiger partial charge in [-0.1, -0.05) is 30.3 Å². The Morgan fingerprint density at radius 2 is 1.64 bits per heavy atom. The average molecular weight is 185 g/mol. The maximum Gasteiger partial charge on any atom is 0.166 e. The van der Waals surface area contributed by atoms with E-state index in [0.717, 1.165) is 5.56 Å². The fraction of sp³-hybridized carbons (Fsp3) is 0. The van der Waals surface area contributed by atoms with Crippen LogP contribution in [-0.2, 0) is 0 Å². The highest BCUT2D eigenvalue weighted by Gasteiger charge is 2.06. The summed E-state index contributed by atoms with van der Waals surface area (Å²) in [5.74, 6) is -0.343. The second-order valence-electron chi connectivity index (χ2n) is 2.95. The molecule has 2 nitrogen and oxygen atoms in total. The van der Waals surface area contributed by atoms with Crippen LogP contribution >= 0.6 is 0 Å². The molecule has 0 saturated heterocycles. The van der Waals surface area contributed by atoms with Gasteiger partial charge in [0.15, 0.2) is 11.5 Å². The molecule has 2 N–H and O–H groups in total. The van der Waals surface area contributed by atoms with Gasteiger partial charge in [-0.2, -0.15) is 0 Å². The number of rotatable bonds is 1. The standard InChI is InChI=1S/C12H9O2/c13-11-8-4-7-10(12(11)14)9-5-2-1-3-6-9/h1-7,13-14H. The highest BCUT2D eigenvalue weighted by atomic mass is 16.3. The minimum absolute atomic E-state index is 0.126. The van der Waals surface area contributed by atoms with Gasteiger partial charge in [-0.3, -0.25) is 0 Å². The van der Waals surface area contributed by atoms with Gasteiger partial charge >= 0.3 is 0 Å². The summed E-state index contributed by atoms with van der Waals surface area (Å²) in [4.78, 5) is 0. The maximum absolute atomic E-state index is 9.57. The normalized spacial score (nSPS) is 10.0. The molecule has 0 aliphatic heterocycles. The van der Waals surface area contributed by atoms with Crippen molar-refractivity contribution in [2.75, 3.05) is 0 Å². The Balaban J connectivity index is 2.58. The van der Waals surface area contributed by atoms with Gasteiger partial charge < -0.3 is 10.2 Å². The predicted molar refractivity (Wildman–Crippen MR) is 54.0 cm³/mol. The molecule has 0 fully saturated rings. The lowest BCUT2D eigenvalue weighted by atomic mass is 10.0. The molecule has 0 atom stereocenters. The second kappa shape index (κ2) is 3.42. The van der Waals surface area contributed by atoms with Crippen molar-refractivity contribution < 1.29 is 10.2 Å². The third-order valence-electron chi connectivity index (χ3n) is 2.03. The summed E-state index contributed by atoms with van der Waals surface area (Å²) in [5.41, 5.74) is 1.48. The van der Waals surface area contributed by atoms with E-state index < -0.39 is 0 Å². The monoisotopic (exact) mass is 185 g/mol. The molecule has 2 aromatic rings. The van der Waals surface area contributed by atoms with E-state index in [1.54, 1.807) is 12.1 Å². The molecule has 1 radical (unpaired) electrons. The smallest absolute Gasteiger partial charge is 0.166 e. The van der Waals surface area contributed by atoms with Crippen LogP contribution in [0.3, 0.4) is 0 Å². The molecule has 0 aliphatic rings. The molecule has 2 aromatic carbocycles. The fourth-order valence-corrected chi connectivity index (χ4v) is 1.33. The van der Waals surface area contributed by atoms with Crippen molar-refractivity contribution in [1.82, 2.24) is 0 Å². The predicted octanol–water partition coefficient (Wildman–Crippen LogP) is 2.56.